The molecular weight excluding hydrogens is 428 g/mol. The Hall–Kier alpha value is -1.12. The molecular formula is C33H54O2. The Balaban J connectivity index is 1.44. The normalized spacial score (nSPS) is 27.3. The van der Waals surface area contributed by atoms with Gasteiger partial charge in [0.15, 0.2) is 6.29 Å². The van der Waals surface area contributed by atoms with Crippen LogP contribution in [0.1, 0.15) is 130 Å². The summed E-state index contributed by atoms with van der Waals surface area (Å²) >= 11 is 0. The summed E-state index contributed by atoms with van der Waals surface area (Å²) in [7, 11) is 0. The molecule has 2 unspecified atom stereocenters. The SMILES string of the molecule is C=C(CCC=C(C)CCC=C(C)CCC=C(C)C)C1OC(C2CCCCC2)C(C2CCCCC2)O1. The molecule has 0 aromatic heterocycles. The second-order valence-corrected chi connectivity index (χ2v) is 12.0. The van der Waals surface area contributed by atoms with E-state index in [4.69, 9.17) is 9.47 Å². The first kappa shape index (κ1) is 28.5. The van der Waals surface area contributed by atoms with Crippen LogP contribution in [0.2, 0.25) is 0 Å². The minimum atomic E-state index is -0.186. The van der Waals surface area contributed by atoms with Crippen molar-refractivity contribution in [2.24, 2.45) is 11.8 Å². The van der Waals surface area contributed by atoms with Crippen LogP contribution in [-0.2, 0) is 9.47 Å². The van der Waals surface area contributed by atoms with Crippen molar-refractivity contribution in [2.45, 2.75) is 149 Å². The summed E-state index contributed by atoms with van der Waals surface area (Å²) in [5.74, 6) is 1.38. The average molecular weight is 483 g/mol. The van der Waals surface area contributed by atoms with Gasteiger partial charge in [0.2, 0.25) is 0 Å². The highest BCUT2D eigenvalue weighted by Gasteiger charge is 2.45. The molecule has 1 aliphatic heterocycles. The molecule has 198 valence electrons. The molecule has 2 aliphatic carbocycles. The predicted molar refractivity (Wildman–Crippen MR) is 150 cm³/mol. The van der Waals surface area contributed by atoms with Crippen molar-refractivity contribution in [1.82, 2.24) is 0 Å². The van der Waals surface area contributed by atoms with E-state index in [1.165, 1.54) is 87.3 Å². The van der Waals surface area contributed by atoms with Crippen molar-refractivity contribution in [3.8, 4) is 0 Å². The first-order valence-electron chi connectivity index (χ1n) is 14.9. The van der Waals surface area contributed by atoms with E-state index < -0.39 is 0 Å². The molecule has 2 nitrogen and oxygen atoms in total. The van der Waals surface area contributed by atoms with Gasteiger partial charge in [-0.2, -0.15) is 0 Å². The van der Waals surface area contributed by atoms with Crippen molar-refractivity contribution < 1.29 is 9.47 Å². The molecule has 0 spiro atoms. The summed E-state index contributed by atoms with van der Waals surface area (Å²) in [6.07, 6.45) is 27.7. The lowest BCUT2D eigenvalue weighted by atomic mass is 9.77. The minimum Gasteiger partial charge on any atom is -0.342 e. The van der Waals surface area contributed by atoms with Crippen LogP contribution in [0.25, 0.3) is 0 Å². The molecule has 0 aromatic carbocycles. The standard InChI is InChI=1S/C33H54O2/c1-25(2)15-12-16-26(3)17-13-18-27(4)19-14-20-28(5)33-34-31(29-21-8-6-9-22-29)32(35-33)30-23-10-7-11-24-30/h15,17,19,29-33H,5-14,16,18,20-24H2,1-4H3. The van der Waals surface area contributed by atoms with Crippen molar-refractivity contribution in [3.05, 3.63) is 47.1 Å². The lowest BCUT2D eigenvalue weighted by molar-refractivity contribution is -0.0530. The van der Waals surface area contributed by atoms with Crippen LogP contribution < -0.4 is 0 Å². The van der Waals surface area contributed by atoms with E-state index in [2.05, 4.69) is 52.5 Å². The van der Waals surface area contributed by atoms with Crippen molar-refractivity contribution in [3.63, 3.8) is 0 Å². The first-order valence-corrected chi connectivity index (χ1v) is 14.9. The van der Waals surface area contributed by atoms with E-state index >= 15 is 0 Å². The maximum Gasteiger partial charge on any atom is 0.180 e. The van der Waals surface area contributed by atoms with Crippen LogP contribution in [0.3, 0.4) is 0 Å². The van der Waals surface area contributed by atoms with Crippen molar-refractivity contribution >= 4 is 0 Å². The second kappa shape index (κ2) is 15.2. The summed E-state index contributed by atoms with van der Waals surface area (Å²) in [5, 5.41) is 0. The molecule has 1 heterocycles. The molecule has 3 aliphatic rings. The Labute approximate surface area is 217 Å². The predicted octanol–water partition coefficient (Wildman–Crippen LogP) is 10.0. The van der Waals surface area contributed by atoms with E-state index in [0.29, 0.717) is 24.0 Å². The Bertz CT molecular complexity index is 700. The molecule has 2 atom stereocenters. The van der Waals surface area contributed by atoms with E-state index in [9.17, 15) is 0 Å². The zero-order valence-electron chi connectivity index (χ0n) is 23.5. The molecule has 0 bridgehead atoms. The number of hydrogen-bond donors (Lipinski definition) is 0. The second-order valence-electron chi connectivity index (χ2n) is 12.0. The van der Waals surface area contributed by atoms with E-state index in [1.54, 1.807) is 0 Å². The van der Waals surface area contributed by atoms with Gasteiger partial charge in [0.1, 0.15) is 0 Å². The zero-order valence-corrected chi connectivity index (χ0v) is 23.5. The molecule has 35 heavy (non-hydrogen) atoms. The maximum atomic E-state index is 6.67. The molecule has 3 rings (SSSR count). The molecule has 0 amide bonds. The first-order chi connectivity index (χ1) is 16.9. The van der Waals surface area contributed by atoms with Gasteiger partial charge in [-0.3, -0.25) is 0 Å². The van der Waals surface area contributed by atoms with E-state index in [0.717, 1.165) is 37.7 Å². The van der Waals surface area contributed by atoms with Gasteiger partial charge in [0, 0.05) is 0 Å². The van der Waals surface area contributed by atoms with Gasteiger partial charge in [-0.15, -0.1) is 0 Å². The van der Waals surface area contributed by atoms with Gasteiger partial charge in [0.25, 0.3) is 0 Å². The van der Waals surface area contributed by atoms with Crippen LogP contribution in [0.15, 0.2) is 47.1 Å². The Morgan fingerprint density at radius 3 is 1.51 bits per heavy atom. The average Bonchev–Trinajstić information content (AvgIpc) is 3.31. The third kappa shape index (κ3) is 9.69. The number of rotatable bonds is 12. The molecule has 0 N–H and O–H groups in total. The monoisotopic (exact) mass is 482 g/mol. The summed E-state index contributed by atoms with van der Waals surface area (Å²) in [6.45, 7) is 13.3. The molecule has 0 aromatic rings. The molecule has 0 radical (unpaired) electrons. The van der Waals surface area contributed by atoms with E-state index in [1.807, 2.05) is 0 Å². The smallest absolute Gasteiger partial charge is 0.180 e. The fourth-order valence-electron chi connectivity index (χ4n) is 6.31. The van der Waals surface area contributed by atoms with Gasteiger partial charge in [0.05, 0.1) is 12.2 Å². The Morgan fingerprint density at radius 1 is 0.629 bits per heavy atom. The van der Waals surface area contributed by atoms with Crippen LogP contribution >= 0.6 is 0 Å². The highest BCUT2D eigenvalue weighted by Crippen LogP contribution is 2.42. The Morgan fingerprint density at radius 2 is 1.06 bits per heavy atom. The van der Waals surface area contributed by atoms with Gasteiger partial charge < -0.3 is 9.47 Å². The van der Waals surface area contributed by atoms with Crippen LogP contribution in [0.5, 0.6) is 0 Å². The van der Waals surface area contributed by atoms with E-state index in [-0.39, 0.29) is 6.29 Å². The summed E-state index contributed by atoms with van der Waals surface area (Å²) in [4.78, 5) is 0. The van der Waals surface area contributed by atoms with Gasteiger partial charge in [-0.1, -0.05) is 80.1 Å². The number of allylic oxidation sites excluding steroid dienone is 6. The third-order valence-corrected chi connectivity index (χ3v) is 8.53. The minimum absolute atomic E-state index is 0.186. The highest BCUT2D eigenvalue weighted by atomic mass is 16.7. The van der Waals surface area contributed by atoms with Gasteiger partial charge in [-0.05, 0) is 109 Å². The summed E-state index contributed by atoms with van der Waals surface area (Å²) in [6, 6.07) is 0. The molecule has 1 saturated heterocycles. The largest absolute Gasteiger partial charge is 0.342 e. The lowest BCUT2D eigenvalue weighted by Crippen LogP contribution is -2.38. The van der Waals surface area contributed by atoms with Crippen LogP contribution in [-0.4, -0.2) is 18.5 Å². The quantitative estimate of drug-likeness (QED) is 0.258. The molecule has 2 heteroatoms. The van der Waals surface area contributed by atoms with Gasteiger partial charge >= 0.3 is 0 Å². The number of hydrogen-bond acceptors (Lipinski definition) is 2. The van der Waals surface area contributed by atoms with Crippen molar-refractivity contribution in [1.29, 1.82) is 0 Å². The third-order valence-electron chi connectivity index (χ3n) is 8.53. The highest BCUT2D eigenvalue weighted by molar-refractivity contribution is 5.08. The molecule has 3 fully saturated rings. The summed E-state index contributed by atoms with van der Waals surface area (Å²) < 4.78 is 13.3. The Kier molecular flexibility index (Phi) is 12.4. The number of ether oxygens (including phenoxy) is 2. The van der Waals surface area contributed by atoms with Crippen LogP contribution in [0, 0.1) is 11.8 Å². The zero-order chi connectivity index (χ0) is 25.0. The fraction of sp³-hybridized carbons (Fsp3) is 0.758. The fourth-order valence-corrected chi connectivity index (χ4v) is 6.31. The topological polar surface area (TPSA) is 18.5 Å². The lowest BCUT2D eigenvalue weighted by Gasteiger charge is -2.34. The van der Waals surface area contributed by atoms with Gasteiger partial charge in [-0.25, -0.2) is 0 Å². The van der Waals surface area contributed by atoms with Crippen molar-refractivity contribution in [2.75, 3.05) is 0 Å². The molecule has 2 saturated carbocycles. The summed E-state index contributed by atoms with van der Waals surface area (Å²) in [5.41, 5.74) is 5.56. The van der Waals surface area contributed by atoms with Crippen LogP contribution in [0.4, 0.5) is 0 Å². The maximum absolute atomic E-state index is 6.67.